The van der Waals surface area contributed by atoms with Crippen molar-refractivity contribution >= 4 is 85.3 Å². The highest BCUT2D eigenvalue weighted by atomic mass is 127. The Morgan fingerprint density at radius 1 is 1.19 bits per heavy atom. The molecule has 86 valence electrons. The molecule has 1 aromatic rings. The summed E-state index contributed by atoms with van der Waals surface area (Å²) in [5.74, 6) is -1.65. The third-order valence-corrected chi connectivity index (χ3v) is 6.51. The molecule has 0 aliphatic heterocycles. The van der Waals surface area contributed by atoms with E-state index in [4.69, 9.17) is 5.11 Å². The van der Waals surface area contributed by atoms with Crippen LogP contribution in [0.3, 0.4) is 0 Å². The van der Waals surface area contributed by atoms with Crippen molar-refractivity contribution in [1.82, 2.24) is 0 Å². The lowest BCUT2D eigenvalue weighted by Crippen LogP contribution is -2.16. The number of halogens is 3. The summed E-state index contributed by atoms with van der Waals surface area (Å²) in [5, 5.41) is 11.0. The van der Waals surface area contributed by atoms with Crippen LogP contribution in [0.2, 0.25) is 0 Å². The normalized spacial score (nSPS) is 9.94. The summed E-state index contributed by atoms with van der Waals surface area (Å²) in [6.07, 6.45) is -0.515. The Morgan fingerprint density at radius 3 is 2.12 bits per heavy atom. The van der Waals surface area contributed by atoms with E-state index in [1.54, 1.807) is 0 Å². The van der Waals surface area contributed by atoms with Gasteiger partial charge in [-0.2, -0.15) is 0 Å². The minimum atomic E-state index is -1.13. The number of aliphatic carboxylic acids is 1. The molecule has 0 spiro atoms. The van der Waals surface area contributed by atoms with Gasteiger partial charge in [0.15, 0.2) is 0 Å². The van der Waals surface area contributed by atoms with Gasteiger partial charge in [0.1, 0.15) is 6.42 Å². The predicted octanol–water partition coefficient (Wildman–Crippen LogP) is 2.91. The first-order valence-corrected chi connectivity index (χ1v) is 7.30. The molecule has 1 amide bonds. The van der Waals surface area contributed by atoms with E-state index in [1.165, 1.54) is 0 Å². The molecule has 0 radical (unpaired) electrons. The van der Waals surface area contributed by atoms with Crippen LogP contribution in [0.5, 0.6) is 0 Å². The number of carboxylic acids is 1. The maximum Gasteiger partial charge on any atom is 0.312 e. The topological polar surface area (TPSA) is 66.4 Å². The summed E-state index contributed by atoms with van der Waals surface area (Å²) in [5.41, 5.74) is 0.625. The van der Waals surface area contributed by atoms with Gasteiger partial charge in [-0.15, -0.1) is 0 Å². The zero-order chi connectivity index (χ0) is 12.3. The summed E-state index contributed by atoms with van der Waals surface area (Å²) < 4.78 is 3.17. The number of anilines is 1. The maximum atomic E-state index is 11.2. The summed E-state index contributed by atoms with van der Waals surface area (Å²) in [6, 6.07) is 3.62. The molecule has 16 heavy (non-hydrogen) atoms. The Hall–Kier alpha value is 0.350. The van der Waals surface area contributed by atoms with Gasteiger partial charge in [-0.1, -0.05) is 0 Å². The minimum absolute atomic E-state index is 0.514. The molecule has 1 aromatic carbocycles. The Morgan fingerprint density at radius 2 is 1.69 bits per heavy atom. The number of carbonyl (C=O) groups is 2. The number of hydrogen-bond donors (Lipinski definition) is 2. The number of hydrogen-bond acceptors (Lipinski definition) is 2. The molecule has 0 heterocycles. The molecule has 0 fully saturated rings. The molecule has 0 aliphatic rings. The van der Waals surface area contributed by atoms with Crippen LogP contribution in [-0.4, -0.2) is 17.0 Å². The van der Waals surface area contributed by atoms with E-state index in [2.05, 4.69) is 73.1 Å². The van der Waals surface area contributed by atoms with Crippen LogP contribution in [-0.2, 0) is 9.59 Å². The monoisotopic (exact) mass is 557 g/mol. The molecule has 0 saturated carbocycles. The molecule has 0 aliphatic carbocycles. The number of nitrogens with one attached hydrogen (secondary N) is 1. The lowest BCUT2D eigenvalue weighted by atomic mass is 10.3. The fraction of sp³-hybridized carbons (Fsp3) is 0.111. The van der Waals surface area contributed by atoms with Gasteiger partial charge >= 0.3 is 5.97 Å². The summed E-state index contributed by atoms with van der Waals surface area (Å²) in [4.78, 5) is 21.6. The first kappa shape index (κ1) is 14.4. The van der Waals surface area contributed by atoms with E-state index in [1.807, 2.05) is 12.1 Å². The second-order valence-corrected chi connectivity index (χ2v) is 6.28. The Labute approximate surface area is 133 Å². The highest BCUT2D eigenvalue weighted by molar-refractivity contribution is 14.1. The van der Waals surface area contributed by atoms with Crippen molar-refractivity contribution in [2.75, 3.05) is 5.32 Å². The maximum absolute atomic E-state index is 11.2. The Bertz CT molecular complexity index is 425. The largest absolute Gasteiger partial charge is 0.481 e. The van der Waals surface area contributed by atoms with E-state index in [0.29, 0.717) is 5.69 Å². The molecular formula is C9H6I3NO3. The SMILES string of the molecule is O=C(O)CC(=O)Nc1cc(I)c(I)c(I)c1. The van der Waals surface area contributed by atoms with Gasteiger partial charge in [-0.3, -0.25) is 9.59 Å². The fourth-order valence-electron chi connectivity index (χ4n) is 0.970. The number of benzene rings is 1. The van der Waals surface area contributed by atoms with Crippen molar-refractivity contribution in [3.8, 4) is 0 Å². The summed E-state index contributed by atoms with van der Waals surface area (Å²) in [6.45, 7) is 0. The number of amides is 1. The highest BCUT2D eigenvalue weighted by Gasteiger charge is 2.10. The predicted molar refractivity (Wildman–Crippen MR) is 85.5 cm³/mol. The van der Waals surface area contributed by atoms with Crippen molar-refractivity contribution < 1.29 is 14.7 Å². The molecular weight excluding hydrogens is 551 g/mol. The van der Waals surface area contributed by atoms with Crippen LogP contribution in [0.15, 0.2) is 12.1 Å². The lowest BCUT2D eigenvalue weighted by Gasteiger charge is -2.07. The molecule has 0 unspecified atom stereocenters. The minimum Gasteiger partial charge on any atom is -0.481 e. The van der Waals surface area contributed by atoms with Crippen LogP contribution in [0, 0.1) is 10.7 Å². The van der Waals surface area contributed by atoms with Gasteiger partial charge in [-0.05, 0) is 79.9 Å². The molecule has 4 nitrogen and oxygen atoms in total. The van der Waals surface area contributed by atoms with E-state index < -0.39 is 18.3 Å². The molecule has 7 heteroatoms. The average molecular weight is 557 g/mol. The quantitative estimate of drug-likeness (QED) is 0.342. The lowest BCUT2D eigenvalue weighted by molar-refractivity contribution is -0.139. The zero-order valence-electron chi connectivity index (χ0n) is 7.76. The van der Waals surface area contributed by atoms with Gasteiger partial charge < -0.3 is 10.4 Å². The Kier molecular flexibility index (Phi) is 5.70. The van der Waals surface area contributed by atoms with Gasteiger partial charge in [0, 0.05) is 16.4 Å². The third-order valence-electron chi connectivity index (χ3n) is 1.58. The third kappa shape index (κ3) is 4.31. The molecule has 1 rings (SSSR count). The van der Waals surface area contributed by atoms with E-state index in [9.17, 15) is 9.59 Å². The van der Waals surface area contributed by atoms with Crippen molar-refractivity contribution in [2.45, 2.75) is 6.42 Å². The number of carboxylic acid groups (broad SMARTS) is 1. The first-order chi connectivity index (χ1) is 7.40. The second-order valence-electron chi connectivity index (χ2n) is 2.87. The molecule has 0 aromatic heterocycles. The fourth-order valence-corrected chi connectivity index (χ4v) is 3.05. The van der Waals surface area contributed by atoms with Crippen molar-refractivity contribution in [3.63, 3.8) is 0 Å². The molecule has 0 saturated heterocycles. The summed E-state index contributed by atoms with van der Waals surface area (Å²) >= 11 is 6.55. The number of rotatable bonds is 3. The molecule has 0 atom stereocenters. The van der Waals surface area contributed by atoms with Crippen LogP contribution in [0.1, 0.15) is 6.42 Å². The first-order valence-electron chi connectivity index (χ1n) is 4.06. The number of carbonyl (C=O) groups excluding carboxylic acids is 1. The van der Waals surface area contributed by atoms with Crippen LogP contribution >= 0.6 is 67.8 Å². The smallest absolute Gasteiger partial charge is 0.312 e. The standard InChI is InChI=1S/C9H6I3NO3/c10-5-1-4(2-6(11)9(5)12)13-7(14)3-8(15)16/h1-2H,3H2,(H,13,14)(H,15,16). The van der Waals surface area contributed by atoms with E-state index >= 15 is 0 Å². The summed E-state index contributed by atoms with van der Waals surface area (Å²) in [7, 11) is 0. The van der Waals surface area contributed by atoms with Crippen molar-refractivity contribution in [3.05, 3.63) is 22.8 Å². The van der Waals surface area contributed by atoms with E-state index in [-0.39, 0.29) is 0 Å². The van der Waals surface area contributed by atoms with Crippen LogP contribution in [0.25, 0.3) is 0 Å². The molecule has 2 N–H and O–H groups in total. The molecule has 0 bridgehead atoms. The van der Waals surface area contributed by atoms with Crippen LogP contribution in [0.4, 0.5) is 5.69 Å². The van der Waals surface area contributed by atoms with E-state index in [0.717, 1.165) is 10.7 Å². The van der Waals surface area contributed by atoms with Crippen molar-refractivity contribution in [1.29, 1.82) is 0 Å². The zero-order valence-corrected chi connectivity index (χ0v) is 14.2. The van der Waals surface area contributed by atoms with Gasteiger partial charge in [0.05, 0.1) is 0 Å². The highest BCUT2D eigenvalue weighted by Crippen LogP contribution is 2.25. The van der Waals surface area contributed by atoms with Gasteiger partial charge in [-0.25, -0.2) is 0 Å². The van der Waals surface area contributed by atoms with Gasteiger partial charge in [0.2, 0.25) is 5.91 Å². The van der Waals surface area contributed by atoms with Gasteiger partial charge in [0.25, 0.3) is 0 Å². The average Bonchev–Trinajstić information content (AvgIpc) is 2.12. The van der Waals surface area contributed by atoms with Crippen LogP contribution < -0.4 is 5.32 Å². The Balaban J connectivity index is 2.82. The van der Waals surface area contributed by atoms with Crippen molar-refractivity contribution in [2.24, 2.45) is 0 Å². The second kappa shape index (κ2) is 6.33.